The third-order valence-corrected chi connectivity index (χ3v) is 5.98. The van der Waals surface area contributed by atoms with Crippen molar-refractivity contribution < 1.29 is 4.79 Å². The van der Waals surface area contributed by atoms with Gasteiger partial charge in [0.05, 0.1) is 5.69 Å². The topological polar surface area (TPSA) is 101 Å². The standard InChI is InChI=1S/C21H26N8OS/c1-31-21-25-26-27-29(21)19-4-2-3-18(15-19)24-20(30)23-17-8-13-28(14-9-17)12-7-16-5-10-22-11-6-16/h2-6,10-11,15,17H,7-9,12-14H2,1H3,(H2,23,24,30). The smallest absolute Gasteiger partial charge is 0.319 e. The van der Waals surface area contributed by atoms with Gasteiger partial charge in [-0.15, -0.1) is 5.10 Å². The molecule has 0 atom stereocenters. The Hall–Kier alpha value is -2.98. The summed E-state index contributed by atoms with van der Waals surface area (Å²) in [5, 5.41) is 18.4. The molecular formula is C21H26N8OS. The Balaban J connectivity index is 1.24. The van der Waals surface area contributed by atoms with Gasteiger partial charge in [0.2, 0.25) is 5.16 Å². The van der Waals surface area contributed by atoms with E-state index in [2.05, 4.69) is 48.2 Å². The predicted molar refractivity (Wildman–Crippen MR) is 120 cm³/mol. The number of anilines is 1. The van der Waals surface area contributed by atoms with E-state index in [0.717, 1.165) is 44.6 Å². The largest absolute Gasteiger partial charge is 0.335 e. The van der Waals surface area contributed by atoms with Gasteiger partial charge in [0, 0.05) is 43.8 Å². The normalized spacial score (nSPS) is 15.0. The number of nitrogens with zero attached hydrogens (tertiary/aromatic N) is 6. The van der Waals surface area contributed by atoms with E-state index in [9.17, 15) is 4.79 Å². The lowest BCUT2D eigenvalue weighted by Gasteiger charge is -2.32. The molecule has 1 aliphatic heterocycles. The Morgan fingerprint density at radius 3 is 2.77 bits per heavy atom. The van der Waals surface area contributed by atoms with E-state index in [1.807, 2.05) is 42.9 Å². The molecule has 2 aromatic heterocycles. The number of aromatic nitrogens is 5. The molecule has 0 saturated carbocycles. The number of amides is 2. The lowest BCUT2D eigenvalue weighted by Crippen LogP contribution is -2.46. The molecule has 0 spiro atoms. The molecule has 3 heterocycles. The SMILES string of the molecule is CSc1nnnn1-c1cccc(NC(=O)NC2CCN(CCc3ccncc3)CC2)c1. The van der Waals surface area contributed by atoms with Crippen molar-refractivity contribution in [2.45, 2.75) is 30.5 Å². The minimum Gasteiger partial charge on any atom is -0.335 e. The predicted octanol–water partition coefficient (Wildman–Crippen LogP) is 2.61. The summed E-state index contributed by atoms with van der Waals surface area (Å²) in [4.78, 5) is 19.0. The second kappa shape index (κ2) is 10.4. The summed E-state index contributed by atoms with van der Waals surface area (Å²) in [6.07, 6.45) is 8.52. The number of pyridine rings is 1. The van der Waals surface area contributed by atoms with Gasteiger partial charge in [0.1, 0.15) is 0 Å². The fourth-order valence-electron chi connectivity index (χ4n) is 3.67. The highest BCUT2D eigenvalue weighted by Gasteiger charge is 2.20. The van der Waals surface area contributed by atoms with Gasteiger partial charge in [-0.05, 0) is 71.8 Å². The number of hydrogen-bond acceptors (Lipinski definition) is 7. The van der Waals surface area contributed by atoms with Gasteiger partial charge in [-0.1, -0.05) is 17.8 Å². The minimum absolute atomic E-state index is 0.183. The van der Waals surface area contributed by atoms with Crippen LogP contribution in [-0.2, 0) is 6.42 Å². The third-order valence-electron chi connectivity index (χ3n) is 5.36. The van der Waals surface area contributed by atoms with Gasteiger partial charge in [0.15, 0.2) is 0 Å². The first-order valence-corrected chi connectivity index (χ1v) is 11.6. The van der Waals surface area contributed by atoms with Crippen molar-refractivity contribution in [1.82, 2.24) is 35.4 Å². The van der Waals surface area contributed by atoms with Crippen molar-refractivity contribution in [2.24, 2.45) is 0 Å². The number of nitrogens with one attached hydrogen (secondary N) is 2. The fraction of sp³-hybridized carbons (Fsp3) is 0.381. The molecule has 1 aromatic carbocycles. The molecule has 3 aromatic rings. The molecule has 2 amide bonds. The average molecular weight is 439 g/mol. The third kappa shape index (κ3) is 5.80. The second-order valence-electron chi connectivity index (χ2n) is 7.45. The van der Waals surface area contributed by atoms with E-state index in [0.29, 0.717) is 10.8 Å². The molecule has 0 bridgehead atoms. The van der Waals surface area contributed by atoms with Gasteiger partial charge in [0.25, 0.3) is 0 Å². The number of thioether (sulfide) groups is 1. The van der Waals surface area contributed by atoms with E-state index in [-0.39, 0.29) is 12.1 Å². The van der Waals surface area contributed by atoms with Crippen molar-refractivity contribution in [2.75, 3.05) is 31.2 Å². The lowest BCUT2D eigenvalue weighted by atomic mass is 10.0. The van der Waals surface area contributed by atoms with Crippen LogP contribution in [0.15, 0.2) is 53.9 Å². The molecule has 162 valence electrons. The molecule has 10 heteroatoms. The van der Waals surface area contributed by atoms with Gasteiger partial charge < -0.3 is 15.5 Å². The maximum atomic E-state index is 12.5. The zero-order valence-electron chi connectivity index (χ0n) is 17.4. The summed E-state index contributed by atoms with van der Waals surface area (Å²) in [6.45, 7) is 3.01. The van der Waals surface area contributed by atoms with Crippen molar-refractivity contribution >= 4 is 23.5 Å². The van der Waals surface area contributed by atoms with Crippen molar-refractivity contribution in [3.63, 3.8) is 0 Å². The molecule has 2 N–H and O–H groups in total. The molecule has 4 rings (SSSR count). The van der Waals surface area contributed by atoms with E-state index in [1.165, 1.54) is 17.3 Å². The van der Waals surface area contributed by atoms with Gasteiger partial charge in [-0.2, -0.15) is 4.68 Å². The number of likely N-dealkylation sites (tertiary alicyclic amines) is 1. The molecule has 0 aliphatic carbocycles. The van der Waals surface area contributed by atoms with Crippen LogP contribution in [0.4, 0.5) is 10.5 Å². The number of carbonyl (C=O) groups is 1. The summed E-state index contributed by atoms with van der Waals surface area (Å²) in [6, 6.07) is 11.6. The summed E-state index contributed by atoms with van der Waals surface area (Å²) >= 11 is 1.46. The quantitative estimate of drug-likeness (QED) is 0.547. The highest BCUT2D eigenvalue weighted by Crippen LogP contribution is 2.19. The van der Waals surface area contributed by atoms with Crippen LogP contribution < -0.4 is 10.6 Å². The summed E-state index contributed by atoms with van der Waals surface area (Å²) in [5.41, 5.74) is 2.81. The highest BCUT2D eigenvalue weighted by molar-refractivity contribution is 7.98. The van der Waals surface area contributed by atoms with E-state index >= 15 is 0 Å². The molecular weight excluding hydrogens is 412 g/mol. The molecule has 1 fully saturated rings. The van der Waals surface area contributed by atoms with Crippen molar-refractivity contribution in [3.8, 4) is 5.69 Å². The van der Waals surface area contributed by atoms with Crippen molar-refractivity contribution in [3.05, 3.63) is 54.4 Å². The first-order chi connectivity index (χ1) is 15.2. The van der Waals surface area contributed by atoms with Gasteiger partial charge >= 0.3 is 6.03 Å². The monoisotopic (exact) mass is 438 g/mol. The Morgan fingerprint density at radius 1 is 1.19 bits per heavy atom. The zero-order chi connectivity index (χ0) is 21.5. The highest BCUT2D eigenvalue weighted by atomic mass is 32.2. The van der Waals surface area contributed by atoms with E-state index in [1.54, 1.807) is 4.68 Å². The van der Waals surface area contributed by atoms with Gasteiger partial charge in [-0.25, -0.2) is 4.79 Å². The average Bonchev–Trinajstić information content (AvgIpc) is 3.28. The maximum Gasteiger partial charge on any atom is 0.319 e. The molecule has 1 aliphatic rings. The number of piperidine rings is 1. The Bertz CT molecular complexity index is 988. The molecule has 31 heavy (non-hydrogen) atoms. The number of urea groups is 1. The second-order valence-corrected chi connectivity index (χ2v) is 8.22. The van der Waals surface area contributed by atoms with E-state index < -0.39 is 0 Å². The first-order valence-electron chi connectivity index (χ1n) is 10.3. The van der Waals surface area contributed by atoms with Gasteiger partial charge in [-0.3, -0.25) is 4.98 Å². The molecule has 9 nitrogen and oxygen atoms in total. The van der Waals surface area contributed by atoms with Crippen LogP contribution in [0, 0.1) is 0 Å². The summed E-state index contributed by atoms with van der Waals surface area (Å²) in [5.74, 6) is 0. The van der Waals surface area contributed by atoms with Crippen LogP contribution >= 0.6 is 11.8 Å². The molecule has 0 radical (unpaired) electrons. The van der Waals surface area contributed by atoms with Crippen LogP contribution in [0.5, 0.6) is 0 Å². The zero-order valence-corrected chi connectivity index (χ0v) is 18.3. The minimum atomic E-state index is -0.186. The van der Waals surface area contributed by atoms with Crippen LogP contribution in [-0.4, -0.2) is 68.1 Å². The van der Waals surface area contributed by atoms with Crippen LogP contribution in [0.1, 0.15) is 18.4 Å². The summed E-state index contributed by atoms with van der Waals surface area (Å²) in [7, 11) is 0. The van der Waals surface area contributed by atoms with Crippen molar-refractivity contribution in [1.29, 1.82) is 0 Å². The number of rotatable bonds is 7. The summed E-state index contributed by atoms with van der Waals surface area (Å²) < 4.78 is 1.65. The number of hydrogen-bond donors (Lipinski definition) is 2. The number of carbonyl (C=O) groups excluding carboxylic acids is 1. The maximum absolute atomic E-state index is 12.5. The van der Waals surface area contributed by atoms with Crippen LogP contribution in [0.3, 0.4) is 0 Å². The Morgan fingerprint density at radius 2 is 2.00 bits per heavy atom. The molecule has 1 saturated heterocycles. The fourth-order valence-corrected chi connectivity index (χ4v) is 4.11. The number of tetrazole rings is 1. The lowest BCUT2D eigenvalue weighted by molar-refractivity contribution is 0.197. The Kier molecular flexibility index (Phi) is 7.11. The van der Waals surface area contributed by atoms with Crippen LogP contribution in [0.2, 0.25) is 0 Å². The molecule has 0 unspecified atom stereocenters. The first kappa shape index (κ1) is 21.3. The van der Waals surface area contributed by atoms with E-state index in [4.69, 9.17) is 0 Å². The Labute approximate surface area is 185 Å². The number of benzene rings is 1. The van der Waals surface area contributed by atoms with Crippen LogP contribution in [0.25, 0.3) is 5.69 Å².